The van der Waals surface area contributed by atoms with Gasteiger partial charge in [-0.05, 0) is 12.1 Å². The minimum absolute atomic E-state index is 0.0587. The quantitative estimate of drug-likeness (QED) is 0.738. The number of para-hydroxylation sites is 1. The van der Waals surface area contributed by atoms with Gasteiger partial charge >= 0.3 is 0 Å². The first-order valence-corrected chi connectivity index (χ1v) is 5.97. The predicted molar refractivity (Wildman–Crippen MR) is 66.0 cm³/mol. The number of amidine groups is 1. The normalized spacial score (nSPS) is 20.5. The number of carbonyl (C=O) groups is 1. The number of benzene rings is 1. The third-order valence-electron chi connectivity index (χ3n) is 2.79. The molecule has 0 amide bonds. The molecule has 1 aliphatic heterocycles. The number of aromatic nitrogens is 1. The van der Waals surface area contributed by atoms with Crippen LogP contribution in [0.1, 0.15) is 10.9 Å². The molecule has 0 saturated carbocycles. The molecule has 3 N–H and O–H groups in total. The van der Waals surface area contributed by atoms with Gasteiger partial charge in [-0.3, -0.25) is 15.2 Å². The van der Waals surface area contributed by atoms with Gasteiger partial charge in [0.15, 0.2) is 5.78 Å². The molecule has 2 heterocycles. The Bertz CT molecular complexity index is 588. The summed E-state index contributed by atoms with van der Waals surface area (Å²) in [7, 11) is 0. The number of nitrogens with two attached hydrogens (primary N) is 1. The Balaban J connectivity index is 2.09. The van der Waals surface area contributed by atoms with Gasteiger partial charge in [-0.1, -0.05) is 12.1 Å². The van der Waals surface area contributed by atoms with E-state index in [1.807, 2.05) is 24.3 Å². The molecule has 2 aromatic rings. The zero-order valence-electron chi connectivity index (χ0n) is 8.88. The standard InChI is InChI=1S/C11H10N4OS/c12-10-9(7(16)5-15(10)13)11-14-6-3-1-2-4-8(6)17-11/h1-4,9,12H,5,13H2. The van der Waals surface area contributed by atoms with E-state index in [0.29, 0.717) is 5.01 Å². The molecule has 1 fully saturated rings. The van der Waals surface area contributed by atoms with Crippen molar-refractivity contribution in [2.45, 2.75) is 5.92 Å². The lowest BCUT2D eigenvalue weighted by Gasteiger charge is -2.09. The van der Waals surface area contributed by atoms with E-state index in [4.69, 9.17) is 11.3 Å². The van der Waals surface area contributed by atoms with Crippen molar-refractivity contribution in [1.29, 1.82) is 5.41 Å². The number of hydrogen-bond acceptors (Lipinski definition) is 5. The Hall–Kier alpha value is -1.79. The summed E-state index contributed by atoms with van der Waals surface area (Å²) < 4.78 is 1.03. The van der Waals surface area contributed by atoms with Gasteiger partial charge in [0.1, 0.15) is 16.8 Å². The van der Waals surface area contributed by atoms with Gasteiger partial charge in [-0.25, -0.2) is 10.8 Å². The molecule has 0 bridgehead atoms. The van der Waals surface area contributed by atoms with Crippen LogP contribution in [0, 0.1) is 5.41 Å². The Morgan fingerprint density at radius 2 is 2.24 bits per heavy atom. The van der Waals surface area contributed by atoms with Gasteiger partial charge in [0.2, 0.25) is 0 Å². The van der Waals surface area contributed by atoms with Crippen LogP contribution < -0.4 is 5.84 Å². The maximum atomic E-state index is 11.8. The summed E-state index contributed by atoms with van der Waals surface area (Å²) in [4.78, 5) is 16.2. The SMILES string of the molecule is N=C1C(c2nc3ccccc3s2)C(=O)CN1N. The molecule has 86 valence electrons. The van der Waals surface area contributed by atoms with E-state index in [0.717, 1.165) is 10.2 Å². The Labute approximate surface area is 101 Å². The molecule has 1 atom stereocenters. The fourth-order valence-electron chi connectivity index (χ4n) is 1.93. The molecule has 1 aromatic carbocycles. The number of nitrogens with zero attached hydrogens (tertiary/aromatic N) is 2. The molecule has 1 unspecified atom stereocenters. The highest BCUT2D eigenvalue weighted by Crippen LogP contribution is 2.31. The molecule has 3 rings (SSSR count). The summed E-state index contributed by atoms with van der Waals surface area (Å²) in [5.74, 6) is 5.04. The van der Waals surface area contributed by atoms with E-state index in [2.05, 4.69) is 4.98 Å². The van der Waals surface area contributed by atoms with Crippen molar-refractivity contribution in [3.8, 4) is 0 Å². The minimum Gasteiger partial charge on any atom is -0.296 e. The zero-order valence-corrected chi connectivity index (χ0v) is 9.70. The van der Waals surface area contributed by atoms with Crippen molar-refractivity contribution in [3.63, 3.8) is 0 Å². The van der Waals surface area contributed by atoms with Gasteiger partial charge in [-0.2, -0.15) is 0 Å². The van der Waals surface area contributed by atoms with Crippen LogP contribution >= 0.6 is 11.3 Å². The lowest BCUT2D eigenvalue weighted by molar-refractivity contribution is -0.117. The van der Waals surface area contributed by atoms with Crippen molar-refractivity contribution < 1.29 is 4.79 Å². The average Bonchev–Trinajstić information content (AvgIpc) is 2.81. The van der Waals surface area contributed by atoms with Gasteiger partial charge in [0.05, 0.1) is 16.8 Å². The zero-order chi connectivity index (χ0) is 12.0. The molecule has 0 radical (unpaired) electrons. The second-order valence-electron chi connectivity index (χ2n) is 3.93. The van der Waals surface area contributed by atoms with Crippen molar-refractivity contribution in [1.82, 2.24) is 9.99 Å². The smallest absolute Gasteiger partial charge is 0.171 e. The Morgan fingerprint density at radius 1 is 1.47 bits per heavy atom. The van der Waals surface area contributed by atoms with Crippen LogP contribution in [0.25, 0.3) is 10.2 Å². The average molecular weight is 246 g/mol. The molecular formula is C11H10N4OS. The molecule has 1 aliphatic rings. The van der Waals surface area contributed by atoms with Crippen molar-refractivity contribution in [2.24, 2.45) is 5.84 Å². The largest absolute Gasteiger partial charge is 0.296 e. The summed E-state index contributed by atoms with van der Waals surface area (Å²) in [6, 6.07) is 7.70. The second kappa shape index (κ2) is 3.61. The Kier molecular flexibility index (Phi) is 2.20. The topological polar surface area (TPSA) is 83.1 Å². The van der Waals surface area contributed by atoms with Crippen LogP contribution in [-0.4, -0.2) is 28.2 Å². The van der Waals surface area contributed by atoms with Gasteiger partial charge in [0, 0.05) is 0 Å². The molecule has 1 aromatic heterocycles. The van der Waals surface area contributed by atoms with Crippen molar-refractivity contribution >= 4 is 33.2 Å². The fraction of sp³-hybridized carbons (Fsp3) is 0.182. The molecule has 6 heteroatoms. The number of Topliss-reactive ketones (excluding diaryl/α,β-unsaturated/α-hetero) is 1. The number of nitrogens with one attached hydrogen (secondary N) is 1. The Morgan fingerprint density at radius 3 is 2.88 bits per heavy atom. The van der Waals surface area contributed by atoms with Crippen LogP contribution in [0.3, 0.4) is 0 Å². The number of thiazole rings is 1. The van der Waals surface area contributed by atoms with Crippen LogP contribution in [-0.2, 0) is 4.79 Å². The minimum atomic E-state index is -0.586. The van der Waals surface area contributed by atoms with Crippen LogP contribution in [0.15, 0.2) is 24.3 Å². The summed E-state index contributed by atoms with van der Waals surface area (Å²) in [5, 5.41) is 9.64. The summed E-state index contributed by atoms with van der Waals surface area (Å²) >= 11 is 1.45. The number of ketones is 1. The number of rotatable bonds is 1. The van der Waals surface area contributed by atoms with E-state index in [1.165, 1.54) is 16.3 Å². The van der Waals surface area contributed by atoms with Crippen LogP contribution in [0.4, 0.5) is 0 Å². The number of hydrazine groups is 1. The van der Waals surface area contributed by atoms with E-state index in [1.54, 1.807) is 0 Å². The molecule has 17 heavy (non-hydrogen) atoms. The third kappa shape index (κ3) is 1.53. The first-order chi connectivity index (χ1) is 8.16. The summed E-state index contributed by atoms with van der Waals surface area (Å²) in [5.41, 5.74) is 0.864. The van der Waals surface area contributed by atoms with Crippen LogP contribution in [0.5, 0.6) is 0 Å². The van der Waals surface area contributed by atoms with E-state index in [9.17, 15) is 4.79 Å². The molecule has 1 saturated heterocycles. The number of fused-ring (bicyclic) bond motifs is 1. The first-order valence-electron chi connectivity index (χ1n) is 5.15. The molecule has 0 spiro atoms. The van der Waals surface area contributed by atoms with Crippen LogP contribution in [0.2, 0.25) is 0 Å². The maximum Gasteiger partial charge on any atom is 0.171 e. The van der Waals surface area contributed by atoms with Crippen molar-refractivity contribution in [2.75, 3.05) is 6.54 Å². The first kappa shape index (κ1) is 10.4. The highest BCUT2D eigenvalue weighted by molar-refractivity contribution is 7.18. The summed E-state index contributed by atoms with van der Waals surface area (Å²) in [6.07, 6.45) is 0. The summed E-state index contributed by atoms with van der Waals surface area (Å²) in [6.45, 7) is 0.0967. The predicted octanol–water partition coefficient (Wildman–Crippen LogP) is 1.12. The second-order valence-corrected chi connectivity index (χ2v) is 4.99. The number of hydrogen-bond donors (Lipinski definition) is 2. The lowest BCUT2D eigenvalue weighted by Crippen LogP contribution is -2.32. The third-order valence-corrected chi connectivity index (χ3v) is 3.89. The van der Waals surface area contributed by atoms with E-state index in [-0.39, 0.29) is 18.2 Å². The monoisotopic (exact) mass is 246 g/mol. The van der Waals surface area contributed by atoms with Gasteiger partial charge < -0.3 is 0 Å². The number of carbonyl (C=O) groups excluding carboxylic acids is 1. The fourth-order valence-corrected chi connectivity index (χ4v) is 3.03. The highest BCUT2D eigenvalue weighted by atomic mass is 32.1. The van der Waals surface area contributed by atoms with E-state index >= 15 is 0 Å². The van der Waals surface area contributed by atoms with Gasteiger partial charge in [0.25, 0.3) is 0 Å². The maximum absolute atomic E-state index is 11.8. The van der Waals surface area contributed by atoms with Gasteiger partial charge in [-0.15, -0.1) is 11.3 Å². The van der Waals surface area contributed by atoms with E-state index < -0.39 is 5.92 Å². The highest BCUT2D eigenvalue weighted by Gasteiger charge is 2.38. The lowest BCUT2D eigenvalue weighted by atomic mass is 10.1. The molecule has 5 nitrogen and oxygen atoms in total. The van der Waals surface area contributed by atoms with Crippen molar-refractivity contribution in [3.05, 3.63) is 29.3 Å². The molecule has 0 aliphatic carbocycles. The molecular weight excluding hydrogens is 236 g/mol.